The maximum absolute atomic E-state index is 10.6. The Bertz CT molecular complexity index is 522. The van der Waals surface area contributed by atoms with Crippen molar-refractivity contribution >= 4 is 33.8 Å². The smallest absolute Gasteiger partial charge is 0.138 e. The summed E-state index contributed by atoms with van der Waals surface area (Å²) in [6, 6.07) is 15.5. The van der Waals surface area contributed by atoms with Crippen molar-refractivity contribution in [2.75, 3.05) is 0 Å². The molecule has 0 bridgehead atoms. The van der Waals surface area contributed by atoms with Crippen molar-refractivity contribution in [3.05, 3.63) is 59.1 Å². The van der Waals surface area contributed by atoms with Gasteiger partial charge in [0.05, 0.1) is 4.83 Å². The number of halogens is 2. The first kappa shape index (κ1) is 12.3. The van der Waals surface area contributed by atoms with Gasteiger partial charge in [0.25, 0.3) is 0 Å². The van der Waals surface area contributed by atoms with Crippen LogP contribution in [0.2, 0.25) is 5.02 Å². The molecule has 1 atom stereocenters. The van der Waals surface area contributed by atoms with Crippen molar-refractivity contribution in [1.82, 2.24) is 0 Å². The number of hydrogen-bond acceptors (Lipinski definition) is 1. The lowest BCUT2D eigenvalue weighted by molar-refractivity contribution is -0.107. The number of rotatable bonds is 3. The quantitative estimate of drug-likeness (QED) is 0.596. The average Bonchev–Trinajstić information content (AvgIpc) is 2.38. The zero-order valence-corrected chi connectivity index (χ0v) is 11.3. The standard InChI is InChI=1S/C14H10BrClO/c15-14(9-17)11-6-4-10(5-7-11)12-2-1-3-13(16)8-12/h1-9,14H. The first-order valence-corrected chi connectivity index (χ1v) is 6.45. The Morgan fingerprint density at radius 3 is 2.35 bits per heavy atom. The molecule has 86 valence electrons. The minimum atomic E-state index is -0.240. The maximum atomic E-state index is 10.6. The second-order valence-electron chi connectivity index (χ2n) is 3.67. The normalized spacial score (nSPS) is 12.1. The van der Waals surface area contributed by atoms with Crippen LogP contribution in [-0.4, -0.2) is 6.29 Å². The van der Waals surface area contributed by atoms with Gasteiger partial charge in [0.15, 0.2) is 0 Å². The van der Waals surface area contributed by atoms with Crippen LogP contribution in [0, 0.1) is 0 Å². The number of benzene rings is 2. The van der Waals surface area contributed by atoms with Crippen molar-refractivity contribution in [1.29, 1.82) is 0 Å². The fourth-order valence-corrected chi connectivity index (χ4v) is 2.10. The topological polar surface area (TPSA) is 17.1 Å². The summed E-state index contributed by atoms with van der Waals surface area (Å²) in [7, 11) is 0. The average molecular weight is 310 g/mol. The third-order valence-electron chi connectivity index (χ3n) is 2.51. The summed E-state index contributed by atoms with van der Waals surface area (Å²) in [5, 5.41) is 0.720. The summed E-state index contributed by atoms with van der Waals surface area (Å²) in [4.78, 5) is 10.4. The monoisotopic (exact) mass is 308 g/mol. The van der Waals surface area contributed by atoms with E-state index in [9.17, 15) is 4.79 Å². The predicted octanol–water partition coefficient (Wildman–Crippen LogP) is 4.64. The van der Waals surface area contributed by atoms with Crippen LogP contribution in [0.25, 0.3) is 11.1 Å². The van der Waals surface area contributed by atoms with Crippen LogP contribution in [0.5, 0.6) is 0 Å². The highest BCUT2D eigenvalue weighted by atomic mass is 79.9. The Balaban J connectivity index is 2.32. The molecule has 0 heterocycles. The number of aldehydes is 1. The first-order valence-electron chi connectivity index (χ1n) is 5.16. The van der Waals surface area contributed by atoms with E-state index in [1.807, 2.05) is 48.5 Å². The van der Waals surface area contributed by atoms with Crippen molar-refractivity contribution < 1.29 is 4.79 Å². The van der Waals surface area contributed by atoms with Gasteiger partial charge in [-0.2, -0.15) is 0 Å². The van der Waals surface area contributed by atoms with Crippen LogP contribution in [-0.2, 0) is 4.79 Å². The molecule has 0 saturated carbocycles. The zero-order valence-electron chi connectivity index (χ0n) is 8.94. The maximum Gasteiger partial charge on any atom is 0.138 e. The van der Waals surface area contributed by atoms with Crippen molar-refractivity contribution in [3.63, 3.8) is 0 Å². The van der Waals surface area contributed by atoms with Gasteiger partial charge in [-0.05, 0) is 28.8 Å². The third-order valence-corrected chi connectivity index (χ3v) is 3.49. The Kier molecular flexibility index (Phi) is 3.97. The predicted molar refractivity (Wildman–Crippen MR) is 74.6 cm³/mol. The highest BCUT2D eigenvalue weighted by Crippen LogP contribution is 2.26. The second kappa shape index (κ2) is 5.48. The Hall–Kier alpha value is -1.12. The largest absolute Gasteiger partial charge is 0.302 e. The van der Waals surface area contributed by atoms with Gasteiger partial charge in [-0.3, -0.25) is 0 Å². The molecule has 1 unspecified atom stereocenters. The van der Waals surface area contributed by atoms with E-state index < -0.39 is 0 Å². The van der Waals surface area contributed by atoms with Gasteiger partial charge in [0, 0.05) is 5.02 Å². The van der Waals surface area contributed by atoms with Gasteiger partial charge in [-0.1, -0.05) is 63.9 Å². The van der Waals surface area contributed by atoms with E-state index in [0.29, 0.717) is 0 Å². The third kappa shape index (κ3) is 2.96. The van der Waals surface area contributed by atoms with Gasteiger partial charge >= 0.3 is 0 Å². The number of hydrogen-bond donors (Lipinski definition) is 0. The molecule has 0 spiro atoms. The van der Waals surface area contributed by atoms with Crippen LogP contribution in [0.4, 0.5) is 0 Å². The van der Waals surface area contributed by atoms with E-state index in [2.05, 4.69) is 15.9 Å². The molecule has 0 fully saturated rings. The van der Waals surface area contributed by atoms with E-state index >= 15 is 0 Å². The molecule has 3 heteroatoms. The Labute approximate surface area is 114 Å². The van der Waals surface area contributed by atoms with Gasteiger partial charge in [0.2, 0.25) is 0 Å². The molecule has 0 aromatic heterocycles. The van der Waals surface area contributed by atoms with Gasteiger partial charge in [-0.25, -0.2) is 0 Å². The molecule has 0 aliphatic heterocycles. The van der Waals surface area contributed by atoms with Crippen LogP contribution >= 0.6 is 27.5 Å². The number of carbonyl (C=O) groups is 1. The van der Waals surface area contributed by atoms with Gasteiger partial charge < -0.3 is 4.79 Å². The lowest BCUT2D eigenvalue weighted by atomic mass is 10.0. The minimum absolute atomic E-state index is 0.240. The van der Waals surface area contributed by atoms with E-state index in [1.165, 1.54) is 0 Å². The molecule has 0 radical (unpaired) electrons. The van der Waals surface area contributed by atoms with E-state index in [1.54, 1.807) is 0 Å². The van der Waals surface area contributed by atoms with Gasteiger partial charge in [0.1, 0.15) is 6.29 Å². The fourth-order valence-electron chi connectivity index (χ4n) is 1.61. The molecular formula is C14H10BrClO. The van der Waals surface area contributed by atoms with Crippen molar-refractivity contribution in [2.45, 2.75) is 4.83 Å². The van der Waals surface area contributed by atoms with Crippen LogP contribution in [0.3, 0.4) is 0 Å². The first-order chi connectivity index (χ1) is 8.20. The molecule has 1 nitrogen and oxygen atoms in total. The summed E-state index contributed by atoms with van der Waals surface area (Å²) in [6.07, 6.45) is 0.869. The lowest BCUT2D eigenvalue weighted by Gasteiger charge is -2.05. The highest BCUT2D eigenvalue weighted by molar-refractivity contribution is 9.09. The minimum Gasteiger partial charge on any atom is -0.302 e. The molecule has 2 rings (SSSR count). The number of alkyl halides is 1. The van der Waals surface area contributed by atoms with Crippen LogP contribution in [0.1, 0.15) is 10.4 Å². The Morgan fingerprint density at radius 2 is 1.76 bits per heavy atom. The van der Waals surface area contributed by atoms with Crippen molar-refractivity contribution in [2.24, 2.45) is 0 Å². The van der Waals surface area contributed by atoms with Gasteiger partial charge in [-0.15, -0.1) is 0 Å². The fraction of sp³-hybridized carbons (Fsp3) is 0.0714. The van der Waals surface area contributed by atoms with Crippen molar-refractivity contribution in [3.8, 4) is 11.1 Å². The summed E-state index contributed by atoms with van der Waals surface area (Å²) >= 11 is 9.23. The SMILES string of the molecule is O=CC(Br)c1ccc(-c2cccc(Cl)c2)cc1. The summed E-state index contributed by atoms with van der Waals surface area (Å²) in [5.74, 6) is 0. The molecule has 0 N–H and O–H groups in total. The summed E-state index contributed by atoms with van der Waals surface area (Å²) < 4.78 is 0. The number of carbonyl (C=O) groups excluding carboxylic acids is 1. The molecule has 0 aliphatic carbocycles. The van der Waals surface area contributed by atoms with E-state index in [-0.39, 0.29) is 4.83 Å². The zero-order chi connectivity index (χ0) is 12.3. The molecule has 0 aliphatic rings. The molecule has 0 saturated heterocycles. The summed E-state index contributed by atoms with van der Waals surface area (Å²) in [5.41, 5.74) is 3.11. The molecule has 2 aromatic rings. The molecular weight excluding hydrogens is 300 g/mol. The second-order valence-corrected chi connectivity index (χ2v) is 5.09. The van der Waals surface area contributed by atoms with Crippen LogP contribution in [0.15, 0.2) is 48.5 Å². The van der Waals surface area contributed by atoms with E-state index in [0.717, 1.165) is 28.0 Å². The summed E-state index contributed by atoms with van der Waals surface area (Å²) in [6.45, 7) is 0. The Morgan fingerprint density at radius 1 is 1.06 bits per heavy atom. The molecule has 17 heavy (non-hydrogen) atoms. The lowest BCUT2D eigenvalue weighted by Crippen LogP contribution is -1.90. The molecule has 0 amide bonds. The highest BCUT2D eigenvalue weighted by Gasteiger charge is 2.05. The van der Waals surface area contributed by atoms with E-state index in [4.69, 9.17) is 11.6 Å². The van der Waals surface area contributed by atoms with Crippen LogP contribution < -0.4 is 0 Å². The molecule has 2 aromatic carbocycles.